The van der Waals surface area contributed by atoms with Gasteiger partial charge in [-0.2, -0.15) is 11.8 Å². The lowest BCUT2D eigenvalue weighted by Gasteiger charge is -2.25. The molecule has 0 spiro atoms. The number of unbranched alkanes of at least 4 members (excludes halogenated alkanes) is 1. The normalized spacial score (nSPS) is 14.1. The minimum atomic E-state index is -1.37. The van der Waals surface area contributed by atoms with E-state index in [1.165, 1.54) is 11.8 Å². The highest BCUT2D eigenvalue weighted by Gasteiger charge is 2.30. The maximum Gasteiger partial charge on any atom is 0.326 e. The van der Waals surface area contributed by atoms with Crippen molar-refractivity contribution in [2.45, 2.75) is 69.1 Å². The van der Waals surface area contributed by atoms with Gasteiger partial charge in [0.2, 0.25) is 23.6 Å². The molecule has 11 N–H and O–H groups in total. The molecule has 0 aromatic carbocycles. The van der Waals surface area contributed by atoms with E-state index in [4.69, 9.17) is 22.3 Å². The summed E-state index contributed by atoms with van der Waals surface area (Å²) in [5.74, 6) is -5.35. The molecule has 0 aliphatic rings. The third-order valence-electron chi connectivity index (χ3n) is 4.84. The standard InChI is InChI=1S/C20H36N6O8S/c1-35-9-7-13(19(32)26-14(20(33)34)4-2-3-8-21)25-18(31)12(5-6-16(28)29)24-17(30)11(22)10-15(23)27/h11-14H,2-10,21-22H2,1H3,(H2,23,27)(H,24,30)(H,25,31)(H,26,32)(H,28,29)(H,33,34). The highest BCUT2D eigenvalue weighted by Crippen LogP contribution is 2.07. The Morgan fingerprint density at radius 3 is 1.86 bits per heavy atom. The number of carbonyl (C=O) groups is 6. The summed E-state index contributed by atoms with van der Waals surface area (Å²) in [5, 5.41) is 25.5. The van der Waals surface area contributed by atoms with Crippen LogP contribution in [-0.2, 0) is 28.8 Å². The van der Waals surface area contributed by atoms with Crippen molar-refractivity contribution in [2.75, 3.05) is 18.6 Å². The number of nitrogens with one attached hydrogen (secondary N) is 3. The van der Waals surface area contributed by atoms with Crippen molar-refractivity contribution in [1.82, 2.24) is 16.0 Å². The quantitative estimate of drug-likeness (QED) is 0.0824. The molecule has 4 atom stereocenters. The van der Waals surface area contributed by atoms with Crippen LogP contribution < -0.4 is 33.2 Å². The zero-order chi connectivity index (χ0) is 27.0. The Kier molecular flexibility index (Phi) is 16.1. The molecule has 200 valence electrons. The van der Waals surface area contributed by atoms with E-state index >= 15 is 0 Å². The summed E-state index contributed by atoms with van der Waals surface area (Å²) in [4.78, 5) is 71.4. The molecule has 0 aromatic heterocycles. The van der Waals surface area contributed by atoms with Crippen LogP contribution in [0.25, 0.3) is 0 Å². The summed E-state index contributed by atoms with van der Waals surface area (Å²) in [6.07, 6.45) is 1.85. The van der Waals surface area contributed by atoms with Gasteiger partial charge in [0.1, 0.15) is 18.1 Å². The van der Waals surface area contributed by atoms with Gasteiger partial charge in [0.05, 0.1) is 12.5 Å². The molecule has 14 nitrogen and oxygen atoms in total. The van der Waals surface area contributed by atoms with Gasteiger partial charge in [-0.3, -0.25) is 24.0 Å². The van der Waals surface area contributed by atoms with Crippen LogP contribution in [0.2, 0.25) is 0 Å². The summed E-state index contributed by atoms with van der Waals surface area (Å²) in [5.41, 5.74) is 16.0. The average molecular weight is 521 g/mol. The number of carboxylic acids is 2. The maximum absolute atomic E-state index is 12.9. The molecule has 4 amide bonds. The van der Waals surface area contributed by atoms with Crippen molar-refractivity contribution in [1.29, 1.82) is 0 Å². The Labute approximate surface area is 207 Å². The Bertz CT molecular complexity index is 753. The molecule has 0 aliphatic carbocycles. The number of primary amides is 1. The second-order valence-electron chi connectivity index (χ2n) is 7.80. The van der Waals surface area contributed by atoms with Gasteiger partial charge in [0.25, 0.3) is 0 Å². The van der Waals surface area contributed by atoms with Crippen molar-refractivity contribution in [3.63, 3.8) is 0 Å². The SMILES string of the molecule is CSCCC(NC(=O)C(CCC(=O)O)NC(=O)C(N)CC(N)=O)C(=O)NC(CCCCN)C(=O)O. The average Bonchev–Trinajstić information content (AvgIpc) is 2.77. The van der Waals surface area contributed by atoms with E-state index in [9.17, 15) is 33.9 Å². The Morgan fingerprint density at radius 1 is 0.829 bits per heavy atom. The second kappa shape index (κ2) is 17.5. The molecular formula is C20H36N6O8S. The molecule has 0 fully saturated rings. The largest absolute Gasteiger partial charge is 0.481 e. The maximum atomic E-state index is 12.9. The summed E-state index contributed by atoms with van der Waals surface area (Å²) < 4.78 is 0. The number of carboxylic acid groups (broad SMARTS) is 2. The van der Waals surface area contributed by atoms with Gasteiger partial charge in [0.15, 0.2) is 0 Å². The fourth-order valence-electron chi connectivity index (χ4n) is 2.92. The van der Waals surface area contributed by atoms with E-state index in [0.717, 1.165) is 0 Å². The van der Waals surface area contributed by atoms with Crippen molar-refractivity contribution >= 4 is 47.3 Å². The number of rotatable bonds is 19. The van der Waals surface area contributed by atoms with E-state index in [-0.39, 0.29) is 19.3 Å². The molecule has 0 heterocycles. The number of aliphatic carboxylic acids is 2. The van der Waals surface area contributed by atoms with Crippen LogP contribution in [0.4, 0.5) is 0 Å². The van der Waals surface area contributed by atoms with Gasteiger partial charge >= 0.3 is 11.9 Å². The summed E-state index contributed by atoms with van der Waals surface area (Å²) in [6, 6.07) is -5.05. The van der Waals surface area contributed by atoms with Gasteiger partial charge < -0.3 is 43.4 Å². The molecule has 35 heavy (non-hydrogen) atoms. The minimum absolute atomic E-state index is 0.147. The predicted molar refractivity (Wildman–Crippen MR) is 128 cm³/mol. The number of carbonyl (C=O) groups excluding carboxylic acids is 4. The third kappa shape index (κ3) is 14.2. The molecular weight excluding hydrogens is 484 g/mol. The van der Waals surface area contributed by atoms with Crippen LogP contribution in [-0.4, -0.2) is 88.5 Å². The summed E-state index contributed by atoms with van der Waals surface area (Å²) in [7, 11) is 0. The Balaban J connectivity index is 5.49. The van der Waals surface area contributed by atoms with Crippen LogP contribution in [0, 0.1) is 0 Å². The fraction of sp³-hybridized carbons (Fsp3) is 0.700. The lowest BCUT2D eigenvalue weighted by Crippen LogP contribution is -2.57. The third-order valence-corrected chi connectivity index (χ3v) is 5.49. The van der Waals surface area contributed by atoms with Crippen LogP contribution in [0.15, 0.2) is 0 Å². The molecule has 0 bridgehead atoms. The van der Waals surface area contributed by atoms with Crippen molar-refractivity contribution in [3.8, 4) is 0 Å². The lowest BCUT2D eigenvalue weighted by molar-refractivity contribution is -0.142. The second-order valence-corrected chi connectivity index (χ2v) is 8.78. The highest BCUT2D eigenvalue weighted by molar-refractivity contribution is 7.98. The first kappa shape index (κ1) is 32.1. The molecule has 15 heteroatoms. The van der Waals surface area contributed by atoms with E-state index in [1.807, 2.05) is 0 Å². The zero-order valence-corrected chi connectivity index (χ0v) is 20.5. The van der Waals surface area contributed by atoms with Gasteiger partial charge in [-0.05, 0) is 50.7 Å². The minimum Gasteiger partial charge on any atom is -0.481 e. The molecule has 0 saturated carbocycles. The van der Waals surface area contributed by atoms with Gasteiger partial charge in [-0.15, -0.1) is 0 Å². The molecule has 0 radical (unpaired) electrons. The zero-order valence-electron chi connectivity index (χ0n) is 19.7. The number of thioether (sulfide) groups is 1. The summed E-state index contributed by atoms with van der Waals surface area (Å²) >= 11 is 1.39. The van der Waals surface area contributed by atoms with E-state index in [2.05, 4.69) is 16.0 Å². The van der Waals surface area contributed by atoms with Crippen molar-refractivity contribution < 1.29 is 39.0 Å². The number of nitrogens with two attached hydrogens (primary N) is 3. The fourth-order valence-corrected chi connectivity index (χ4v) is 3.40. The van der Waals surface area contributed by atoms with Crippen LogP contribution >= 0.6 is 11.8 Å². The molecule has 0 rings (SSSR count). The van der Waals surface area contributed by atoms with Gasteiger partial charge in [0, 0.05) is 6.42 Å². The number of hydrogen-bond donors (Lipinski definition) is 8. The Morgan fingerprint density at radius 2 is 1.37 bits per heavy atom. The topological polar surface area (TPSA) is 257 Å². The summed E-state index contributed by atoms with van der Waals surface area (Å²) in [6.45, 7) is 0.374. The van der Waals surface area contributed by atoms with Gasteiger partial charge in [-0.1, -0.05) is 0 Å². The van der Waals surface area contributed by atoms with Gasteiger partial charge in [-0.25, -0.2) is 4.79 Å². The van der Waals surface area contributed by atoms with Crippen molar-refractivity contribution in [3.05, 3.63) is 0 Å². The number of amides is 4. The van der Waals surface area contributed by atoms with E-state index < -0.39 is 72.6 Å². The van der Waals surface area contributed by atoms with Crippen LogP contribution in [0.5, 0.6) is 0 Å². The predicted octanol–water partition coefficient (Wildman–Crippen LogP) is -2.52. The van der Waals surface area contributed by atoms with E-state index in [1.54, 1.807) is 6.26 Å². The molecule has 0 aliphatic heterocycles. The smallest absolute Gasteiger partial charge is 0.326 e. The molecule has 0 saturated heterocycles. The molecule has 4 unspecified atom stereocenters. The lowest BCUT2D eigenvalue weighted by atomic mass is 10.1. The van der Waals surface area contributed by atoms with Crippen molar-refractivity contribution in [2.24, 2.45) is 17.2 Å². The Hall–Kier alpha value is -2.91. The van der Waals surface area contributed by atoms with Crippen LogP contribution in [0.1, 0.15) is 44.9 Å². The first-order valence-electron chi connectivity index (χ1n) is 11.0. The van der Waals surface area contributed by atoms with Crippen LogP contribution in [0.3, 0.4) is 0 Å². The van der Waals surface area contributed by atoms with E-state index in [0.29, 0.717) is 25.1 Å². The first-order chi connectivity index (χ1) is 16.4. The highest BCUT2D eigenvalue weighted by atomic mass is 32.2. The first-order valence-corrected chi connectivity index (χ1v) is 12.4. The number of hydrogen-bond acceptors (Lipinski definition) is 9. The molecule has 0 aromatic rings. The monoisotopic (exact) mass is 520 g/mol.